The summed E-state index contributed by atoms with van der Waals surface area (Å²) in [7, 11) is 0. The molecule has 0 aromatic rings. The molecule has 0 amide bonds. The van der Waals surface area contributed by atoms with Crippen molar-refractivity contribution < 1.29 is 14.6 Å². The normalized spacial score (nSPS) is 41.7. The molecule has 3 aliphatic rings. The zero-order valence-corrected chi connectivity index (χ0v) is 15.3. The summed E-state index contributed by atoms with van der Waals surface area (Å²) in [5.41, 5.74) is 0.566. The van der Waals surface area contributed by atoms with E-state index in [1.54, 1.807) is 0 Å². The molecule has 0 aromatic carbocycles. The predicted octanol–water partition coefficient (Wildman–Crippen LogP) is 3.89. The van der Waals surface area contributed by atoms with E-state index in [-0.39, 0.29) is 22.9 Å². The first-order valence-corrected chi connectivity index (χ1v) is 9.14. The van der Waals surface area contributed by atoms with Gasteiger partial charge in [0.05, 0.1) is 12.2 Å². The Kier molecular flexibility index (Phi) is 4.04. The molecule has 3 heteroatoms. The monoisotopic (exact) mass is 320 g/mol. The zero-order valence-electron chi connectivity index (χ0n) is 15.3. The smallest absolute Gasteiger partial charge is 0.159 e. The summed E-state index contributed by atoms with van der Waals surface area (Å²) >= 11 is 0. The molecule has 0 bridgehead atoms. The quantitative estimate of drug-likeness (QED) is 0.799. The number of ketones is 1. The molecule has 1 saturated carbocycles. The zero-order chi connectivity index (χ0) is 17.0. The van der Waals surface area contributed by atoms with Crippen molar-refractivity contribution in [3.63, 3.8) is 0 Å². The summed E-state index contributed by atoms with van der Waals surface area (Å²) < 4.78 is 5.30. The Morgan fingerprint density at radius 1 is 1.35 bits per heavy atom. The fraction of sp³-hybridized carbons (Fsp3) is 0.850. The van der Waals surface area contributed by atoms with E-state index in [0.29, 0.717) is 18.3 Å². The van der Waals surface area contributed by atoms with Crippen LogP contribution in [0.4, 0.5) is 0 Å². The maximum absolute atomic E-state index is 12.8. The lowest BCUT2D eigenvalue weighted by molar-refractivity contribution is -0.137. The van der Waals surface area contributed by atoms with Crippen LogP contribution in [0.1, 0.15) is 66.7 Å². The Balaban J connectivity index is 1.86. The van der Waals surface area contributed by atoms with Gasteiger partial charge in [-0.2, -0.15) is 0 Å². The molecule has 5 atom stereocenters. The number of allylic oxidation sites excluding steroid dienone is 2. The van der Waals surface area contributed by atoms with Gasteiger partial charge in [-0.1, -0.05) is 32.8 Å². The first-order valence-electron chi connectivity index (χ1n) is 9.14. The van der Waals surface area contributed by atoms with Gasteiger partial charge in [-0.3, -0.25) is 4.79 Å². The second kappa shape index (κ2) is 5.42. The first-order chi connectivity index (χ1) is 10.6. The molecule has 2 fully saturated rings. The highest BCUT2D eigenvalue weighted by Crippen LogP contribution is 2.59. The van der Waals surface area contributed by atoms with Crippen molar-refractivity contribution in [2.45, 2.75) is 78.4 Å². The first kappa shape index (κ1) is 17.2. The summed E-state index contributed by atoms with van der Waals surface area (Å²) in [6.07, 6.45) is 7.02. The average Bonchev–Trinajstić information content (AvgIpc) is 3.20. The fourth-order valence-corrected chi connectivity index (χ4v) is 5.68. The topological polar surface area (TPSA) is 49.8 Å². The van der Waals surface area contributed by atoms with Crippen LogP contribution in [0.2, 0.25) is 0 Å². The van der Waals surface area contributed by atoms with Crippen LogP contribution in [-0.2, 0) is 9.53 Å². The van der Waals surface area contributed by atoms with Gasteiger partial charge in [0.1, 0.15) is 6.10 Å². The van der Waals surface area contributed by atoms with Crippen LogP contribution in [0.25, 0.3) is 0 Å². The highest BCUT2D eigenvalue weighted by molar-refractivity contribution is 5.94. The summed E-state index contributed by atoms with van der Waals surface area (Å²) in [4.78, 5) is 12.8. The maximum Gasteiger partial charge on any atom is 0.159 e. The van der Waals surface area contributed by atoms with Gasteiger partial charge in [0.25, 0.3) is 0 Å². The lowest BCUT2D eigenvalue weighted by Gasteiger charge is -2.56. The number of epoxide rings is 1. The third-order valence-electron chi connectivity index (χ3n) is 6.94. The Morgan fingerprint density at radius 2 is 2.00 bits per heavy atom. The van der Waals surface area contributed by atoms with Gasteiger partial charge in [-0.05, 0) is 62.4 Å². The highest BCUT2D eigenvalue weighted by Gasteiger charge is 2.55. The van der Waals surface area contributed by atoms with E-state index in [1.165, 1.54) is 12.0 Å². The van der Waals surface area contributed by atoms with Crippen LogP contribution in [0.3, 0.4) is 0 Å². The number of hydrogen-bond donors (Lipinski definition) is 1. The number of fused-ring (bicyclic) bond motifs is 1. The summed E-state index contributed by atoms with van der Waals surface area (Å²) in [6.45, 7) is 11.5. The van der Waals surface area contributed by atoms with E-state index < -0.39 is 5.60 Å². The standard InChI is InChI=1S/C20H32O3/c1-13-11-15(21)17-18(2,3)8-6-9-19(17,4)14(13)7-10-20(5,22)16-12-23-16/h11,14,16-17,22H,6-10,12H2,1-5H3/t14-,16-,17-,19+,20-/m0/s1. The van der Waals surface area contributed by atoms with Crippen molar-refractivity contribution in [3.8, 4) is 0 Å². The lowest BCUT2D eigenvalue weighted by Crippen LogP contribution is -2.52. The van der Waals surface area contributed by atoms with Crippen molar-refractivity contribution >= 4 is 5.78 Å². The van der Waals surface area contributed by atoms with Crippen LogP contribution in [0, 0.1) is 22.7 Å². The lowest BCUT2D eigenvalue weighted by atomic mass is 9.47. The molecule has 1 saturated heterocycles. The average molecular weight is 320 g/mol. The van der Waals surface area contributed by atoms with Crippen molar-refractivity contribution in [1.82, 2.24) is 0 Å². The van der Waals surface area contributed by atoms with Crippen molar-refractivity contribution in [2.24, 2.45) is 22.7 Å². The van der Waals surface area contributed by atoms with Crippen LogP contribution < -0.4 is 0 Å². The van der Waals surface area contributed by atoms with E-state index in [1.807, 2.05) is 13.0 Å². The second-order valence-electron chi connectivity index (χ2n) is 9.34. The molecule has 0 aromatic heterocycles. The van der Waals surface area contributed by atoms with Crippen LogP contribution in [0.15, 0.2) is 11.6 Å². The number of ether oxygens (including phenoxy) is 1. The summed E-state index contributed by atoms with van der Waals surface area (Å²) in [5, 5.41) is 10.6. The number of rotatable bonds is 4. The largest absolute Gasteiger partial charge is 0.387 e. The number of carbonyl (C=O) groups is 1. The summed E-state index contributed by atoms with van der Waals surface area (Å²) in [6, 6.07) is 0. The Labute approximate surface area is 140 Å². The molecular weight excluding hydrogens is 288 g/mol. The van der Waals surface area contributed by atoms with E-state index in [0.717, 1.165) is 25.7 Å². The fourth-order valence-electron chi connectivity index (χ4n) is 5.68. The van der Waals surface area contributed by atoms with E-state index >= 15 is 0 Å². The van der Waals surface area contributed by atoms with Gasteiger partial charge in [-0.25, -0.2) is 0 Å². The molecule has 1 heterocycles. The minimum absolute atomic E-state index is 0.00316. The van der Waals surface area contributed by atoms with Gasteiger partial charge < -0.3 is 9.84 Å². The van der Waals surface area contributed by atoms with E-state index in [4.69, 9.17) is 4.74 Å². The number of hydrogen-bond acceptors (Lipinski definition) is 3. The van der Waals surface area contributed by atoms with Crippen molar-refractivity contribution in [2.75, 3.05) is 6.61 Å². The predicted molar refractivity (Wildman–Crippen MR) is 91.1 cm³/mol. The summed E-state index contributed by atoms with van der Waals surface area (Å²) in [5.74, 6) is 0.817. The molecule has 3 nitrogen and oxygen atoms in total. The van der Waals surface area contributed by atoms with Gasteiger partial charge in [0.2, 0.25) is 0 Å². The van der Waals surface area contributed by atoms with Crippen LogP contribution in [0.5, 0.6) is 0 Å². The molecule has 0 spiro atoms. The third-order valence-corrected chi connectivity index (χ3v) is 6.94. The second-order valence-corrected chi connectivity index (χ2v) is 9.34. The van der Waals surface area contributed by atoms with Crippen molar-refractivity contribution in [3.05, 3.63) is 11.6 Å². The Morgan fingerprint density at radius 3 is 2.61 bits per heavy atom. The Bertz CT molecular complexity index is 527. The third kappa shape index (κ3) is 2.91. The molecule has 3 rings (SSSR count). The number of carbonyl (C=O) groups excluding carboxylic acids is 1. The molecule has 1 N–H and O–H groups in total. The van der Waals surface area contributed by atoms with E-state index in [9.17, 15) is 9.90 Å². The molecule has 0 unspecified atom stereocenters. The molecule has 130 valence electrons. The SMILES string of the molecule is CC1=CC(=O)[C@H]2C(C)(C)CCC[C@]2(C)[C@H]1CC[C@](C)(O)[C@@H]1CO1. The highest BCUT2D eigenvalue weighted by atomic mass is 16.6. The number of aliphatic hydroxyl groups is 1. The van der Waals surface area contributed by atoms with Crippen molar-refractivity contribution in [1.29, 1.82) is 0 Å². The van der Waals surface area contributed by atoms with Gasteiger partial charge >= 0.3 is 0 Å². The van der Waals surface area contributed by atoms with Gasteiger partial charge in [0.15, 0.2) is 5.78 Å². The maximum atomic E-state index is 12.8. The minimum atomic E-state index is -0.738. The molecular formula is C20H32O3. The molecule has 1 aliphatic heterocycles. The molecule has 0 radical (unpaired) electrons. The van der Waals surface area contributed by atoms with Gasteiger partial charge in [0, 0.05) is 5.92 Å². The minimum Gasteiger partial charge on any atom is -0.387 e. The van der Waals surface area contributed by atoms with Crippen LogP contribution in [-0.4, -0.2) is 29.2 Å². The Hall–Kier alpha value is -0.670. The van der Waals surface area contributed by atoms with E-state index in [2.05, 4.69) is 27.7 Å². The van der Waals surface area contributed by atoms with Crippen LogP contribution >= 0.6 is 0 Å². The molecule has 23 heavy (non-hydrogen) atoms. The molecule has 2 aliphatic carbocycles. The van der Waals surface area contributed by atoms with Gasteiger partial charge in [-0.15, -0.1) is 0 Å².